The zero-order valence-corrected chi connectivity index (χ0v) is 9.47. The first kappa shape index (κ1) is 16.8. The number of unbranched alkanes of at least 4 members (excludes halogenated alkanes) is 1. The Balaban J connectivity index is 0. The van der Waals surface area contributed by atoms with Gasteiger partial charge >= 0.3 is 17.9 Å². The summed E-state index contributed by atoms with van der Waals surface area (Å²) in [6.07, 6.45) is 1.02. The summed E-state index contributed by atoms with van der Waals surface area (Å²) in [7, 11) is 0. The van der Waals surface area contributed by atoms with Crippen LogP contribution in [0.1, 0.15) is 39.5 Å². The highest BCUT2D eigenvalue weighted by Gasteiger charge is 1.99. The Labute approximate surface area is 93.9 Å². The molecule has 0 radical (unpaired) electrons. The molecule has 16 heavy (non-hydrogen) atoms. The summed E-state index contributed by atoms with van der Waals surface area (Å²) in [5, 5.41) is 24.3. The van der Waals surface area contributed by atoms with Crippen molar-refractivity contribution in [2.75, 3.05) is 0 Å². The number of carboxylic acid groups (broad SMARTS) is 3. The lowest BCUT2D eigenvalue weighted by Gasteiger charge is -1.92. The van der Waals surface area contributed by atoms with Crippen molar-refractivity contribution < 1.29 is 29.7 Å². The summed E-state index contributed by atoms with van der Waals surface area (Å²) in [5.41, 5.74) is 0. The zero-order chi connectivity index (χ0) is 13.1. The lowest BCUT2D eigenvalue weighted by molar-refractivity contribution is -0.140. The third-order valence-electron chi connectivity index (χ3n) is 1.53. The molecule has 6 nitrogen and oxygen atoms in total. The van der Waals surface area contributed by atoms with Crippen molar-refractivity contribution in [1.82, 2.24) is 0 Å². The molecule has 0 aromatic carbocycles. The van der Waals surface area contributed by atoms with Gasteiger partial charge in [0.25, 0.3) is 0 Å². The van der Waals surface area contributed by atoms with Crippen LogP contribution in [0.15, 0.2) is 0 Å². The number of aliphatic carboxylic acids is 3. The van der Waals surface area contributed by atoms with Gasteiger partial charge in [-0.15, -0.1) is 0 Å². The predicted octanol–water partition coefficient (Wildman–Crippen LogP) is 1.44. The number of hydrogen-bond donors (Lipinski definition) is 3. The first-order chi connectivity index (χ1) is 7.27. The molecule has 0 aromatic rings. The summed E-state index contributed by atoms with van der Waals surface area (Å²) >= 11 is 0. The molecule has 0 saturated heterocycles. The minimum Gasteiger partial charge on any atom is -0.481 e. The molecule has 0 spiro atoms. The molecular weight excluding hydrogens is 216 g/mol. The average molecular weight is 234 g/mol. The van der Waals surface area contributed by atoms with Crippen LogP contribution in [0.4, 0.5) is 0 Å². The molecular formula is C10H18O6. The van der Waals surface area contributed by atoms with Crippen molar-refractivity contribution in [1.29, 1.82) is 0 Å². The van der Waals surface area contributed by atoms with Gasteiger partial charge in [-0.25, -0.2) is 0 Å². The maximum Gasteiger partial charge on any atom is 0.305 e. The molecule has 6 heteroatoms. The van der Waals surface area contributed by atoms with Crippen LogP contribution in [0.5, 0.6) is 0 Å². The standard InChI is InChI=1S/C6H10O4.C4H8O2/c7-5(8)3-1-2-4-6(9)10;1-3(2)4(5)6/h1-4H2,(H,7,8)(H,9,10);3H,1-2H3,(H,5,6). The summed E-state index contributed by atoms with van der Waals surface area (Å²) in [4.78, 5) is 29.5. The van der Waals surface area contributed by atoms with Gasteiger partial charge in [0.15, 0.2) is 0 Å². The van der Waals surface area contributed by atoms with E-state index in [2.05, 4.69) is 0 Å². The Kier molecular flexibility index (Phi) is 10.5. The van der Waals surface area contributed by atoms with Crippen molar-refractivity contribution in [2.24, 2.45) is 5.92 Å². The molecule has 3 N–H and O–H groups in total. The molecule has 0 aliphatic carbocycles. The van der Waals surface area contributed by atoms with Crippen LogP contribution in [-0.4, -0.2) is 33.2 Å². The molecule has 0 amide bonds. The van der Waals surface area contributed by atoms with Crippen LogP contribution in [0.25, 0.3) is 0 Å². The van der Waals surface area contributed by atoms with E-state index in [1.54, 1.807) is 13.8 Å². The maximum absolute atomic E-state index is 9.90. The maximum atomic E-state index is 9.90. The van der Waals surface area contributed by atoms with Gasteiger partial charge in [0.1, 0.15) is 0 Å². The second-order valence-electron chi connectivity index (χ2n) is 3.49. The van der Waals surface area contributed by atoms with Crippen LogP contribution in [0.3, 0.4) is 0 Å². The minimum atomic E-state index is -0.870. The molecule has 0 fully saturated rings. The van der Waals surface area contributed by atoms with Gasteiger partial charge in [-0.05, 0) is 12.8 Å². The van der Waals surface area contributed by atoms with E-state index in [0.29, 0.717) is 12.8 Å². The van der Waals surface area contributed by atoms with Crippen molar-refractivity contribution in [3.63, 3.8) is 0 Å². The van der Waals surface area contributed by atoms with Crippen LogP contribution in [0, 0.1) is 5.92 Å². The highest BCUT2D eigenvalue weighted by atomic mass is 16.4. The number of hydrogen-bond acceptors (Lipinski definition) is 3. The monoisotopic (exact) mass is 234 g/mol. The first-order valence-corrected chi connectivity index (χ1v) is 4.93. The highest BCUT2D eigenvalue weighted by Crippen LogP contribution is 1.98. The van der Waals surface area contributed by atoms with E-state index in [0.717, 1.165) is 0 Å². The van der Waals surface area contributed by atoms with Crippen LogP contribution in [-0.2, 0) is 14.4 Å². The SMILES string of the molecule is CC(C)C(=O)O.O=C(O)CCCCC(=O)O. The fourth-order valence-corrected chi connectivity index (χ4v) is 0.552. The third-order valence-corrected chi connectivity index (χ3v) is 1.53. The minimum absolute atomic E-state index is 0.0628. The van der Waals surface area contributed by atoms with E-state index in [9.17, 15) is 14.4 Å². The Hall–Kier alpha value is -1.59. The van der Waals surface area contributed by atoms with E-state index < -0.39 is 17.9 Å². The van der Waals surface area contributed by atoms with E-state index in [-0.39, 0.29) is 18.8 Å². The van der Waals surface area contributed by atoms with Gasteiger partial charge in [0.2, 0.25) is 0 Å². The lowest BCUT2D eigenvalue weighted by Crippen LogP contribution is -2.03. The van der Waals surface area contributed by atoms with Gasteiger partial charge in [0, 0.05) is 12.8 Å². The second-order valence-corrected chi connectivity index (χ2v) is 3.49. The fraction of sp³-hybridized carbons (Fsp3) is 0.700. The molecule has 0 atom stereocenters. The van der Waals surface area contributed by atoms with Crippen LogP contribution < -0.4 is 0 Å². The van der Waals surface area contributed by atoms with Crippen molar-refractivity contribution in [2.45, 2.75) is 39.5 Å². The van der Waals surface area contributed by atoms with Gasteiger partial charge in [-0.1, -0.05) is 13.8 Å². The molecule has 0 unspecified atom stereocenters. The third kappa shape index (κ3) is 18.2. The summed E-state index contributed by atoms with van der Waals surface area (Å²) in [6, 6.07) is 0. The van der Waals surface area contributed by atoms with Gasteiger partial charge in [-0.3, -0.25) is 14.4 Å². The molecule has 0 heterocycles. The van der Waals surface area contributed by atoms with Crippen molar-refractivity contribution >= 4 is 17.9 Å². The fourth-order valence-electron chi connectivity index (χ4n) is 0.552. The van der Waals surface area contributed by atoms with Gasteiger partial charge in [0.05, 0.1) is 5.92 Å². The second kappa shape index (κ2) is 9.95. The first-order valence-electron chi connectivity index (χ1n) is 4.93. The number of carbonyl (C=O) groups is 3. The molecule has 0 rings (SSSR count). The van der Waals surface area contributed by atoms with Crippen molar-refractivity contribution in [3.8, 4) is 0 Å². The van der Waals surface area contributed by atoms with Crippen LogP contribution >= 0.6 is 0 Å². The largest absolute Gasteiger partial charge is 0.481 e. The van der Waals surface area contributed by atoms with E-state index in [4.69, 9.17) is 15.3 Å². The molecule has 0 aromatic heterocycles. The summed E-state index contributed by atoms with van der Waals surface area (Å²) < 4.78 is 0. The van der Waals surface area contributed by atoms with E-state index in [1.165, 1.54) is 0 Å². The van der Waals surface area contributed by atoms with Crippen molar-refractivity contribution in [3.05, 3.63) is 0 Å². The molecule has 0 aliphatic rings. The predicted molar refractivity (Wildman–Crippen MR) is 56.2 cm³/mol. The topological polar surface area (TPSA) is 112 Å². The lowest BCUT2D eigenvalue weighted by atomic mass is 10.2. The summed E-state index contributed by atoms with van der Waals surface area (Å²) in [6.45, 7) is 3.28. The molecule has 94 valence electrons. The Morgan fingerprint density at radius 3 is 1.25 bits per heavy atom. The Morgan fingerprint density at radius 2 is 1.12 bits per heavy atom. The van der Waals surface area contributed by atoms with Gasteiger partial charge < -0.3 is 15.3 Å². The van der Waals surface area contributed by atoms with E-state index >= 15 is 0 Å². The number of carboxylic acids is 3. The van der Waals surface area contributed by atoms with E-state index in [1.807, 2.05) is 0 Å². The molecule has 0 saturated carbocycles. The average Bonchev–Trinajstić information content (AvgIpc) is 2.12. The smallest absolute Gasteiger partial charge is 0.305 e. The molecule has 0 bridgehead atoms. The van der Waals surface area contributed by atoms with Gasteiger partial charge in [-0.2, -0.15) is 0 Å². The summed E-state index contributed by atoms with van der Waals surface area (Å²) in [5.74, 6) is -2.71. The number of rotatable bonds is 6. The molecule has 0 aliphatic heterocycles. The van der Waals surface area contributed by atoms with Crippen LogP contribution in [0.2, 0.25) is 0 Å². The Morgan fingerprint density at radius 1 is 0.875 bits per heavy atom. The zero-order valence-electron chi connectivity index (χ0n) is 9.47. The quantitative estimate of drug-likeness (QED) is 0.599. The Bertz CT molecular complexity index is 217. The highest BCUT2D eigenvalue weighted by molar-refractivity contribution is 5.68. The normalized spacial score (nSPS) is 9.19.